The smallest absolute Gasteiger partial charge is 0.306 e. The topological polar surface area (TPSA) is 99.4 Å². The Morgan fingerprint density at radius 2 is 2.00 bits per heavy atom. The van der Waals surface area contributed by atoms with Gasteiger partial charge in [0.05, 0.1) is 17.3 Å². The van der Waals surface area contributed by atoms with Crippen LogP contribution in [0.3, 0.4) is 0 Å². The maximum absolute atomic E-state index is 12.4. The molecule has 0 aromatic carbocycles. The first-order chi connectivity index (χ1) is 8.96. The van der Waals surface area contributed by atoms with Gasteiger partial charge in [0, 0.05) is 12.1 Å². The zero-order valence-corrected chi connectivity index (χ0v) is 11.2. The van der Waals surface area contributed by atoms with E-state index in [2.05, 4.69) is 4.98 Å². The van der Waals surface area contributed by atoms with Crippen LogP contribution in [0.4, 0.5) is 5.69 Å². The molecule has 1 heterocycles. The van der Waals surface area contributed by atoms with Crippen molar-refractivity contribution >= 4 is 15.5 Å². The van der Waals surface area contributed by atoms with Crippen molar-refractivity contribution in [2.24, 2.45) is 0 Å². The maximum atomic E-state index is 12.4. The van der Waals surface area contributed by atoms with Gasteiger partial charge in [-0.25, -0.2) is 8.42 Å². The van der Waals surface area contributed by atoms with Gasteiger partial charge >= 0.3 is 5.69 Å². The van der Waals surface area contributed by atoms with Gasteiger partial charge in [-0.3, -0.25) is 10.1 Å². The fraction of sp³-hybridized carbons (Fsp3) is 0.545. The minimum atomic E-state index is -3.78. The number of sulfone groups is 1. The highest BCUT2D eigenvalue weighted by Gasteiger charge is 2.37. The summed E-state index contributed by atoms with van der Waals surface area (Å²) in [6.45, 7) is 0. The first-order valence-corrected chi connectivity index (χ1v) is 7.45. The lowest BCUT2D eigenvalue weighted by Crippen LogP contribution is -2.20. The second-order valence-electron chi connectivity index (χ2n) is 4.39. The van der Waals surface area contributed by atoms with E-state index in [9.17, 15) is 18.5 Å². The Bertz CT molecular complexity index is 593. The van der Waals surface area contributed by atoms with Crippen molar-refractivity contribution in [3.8, 4) is 5.88 Å². The summed E-state index contributed by atoms with van der Waals surface area (Å²) >= 11 is 0. The van der Waals surface area contributed by atoms with Crippen molar-refractivity contribution in [1.82, 2.24) is 4.98 Å². The molecule has 1 aliphatic carbocycles. The summed E-state index contributed by atoms with van der Waals surface area (Å²) in [5.41, 5.74) is -0.493. The van der Waals surface area contributed by atoms with Crippen LogP contribution in [-0.2, 0) is 9.84 Å². The Labute approximate surface area is 110 Å². The number of pyridine rings is 1. The van der Waals surface area contributed by atoms with Crippen LogP contribution < -0.4 is 4.74 Å². The van der Waals surface area contributed by atoms with Crippen LogP contribution in [0, 0.1) is 10.1 Å². The van der Waals surface area contributed by atoms with Crippen molar-refractivity contribution in [1.29, 1.82) is 0 Å². The van der Waals surface area contributed by atoms with Crippen molar-refractivity contribution in [2.75, 3.05) is 7.11 Å². The Balaban J connectivity index is 2.55. The van der Waals surface area contributed by atoms with E-state index < -0.39 is 30.7 Å². The van der Waals surface area contributed by atoms with E-state index in [0.29, 0.717) is 12.8 Å². The van der Waals surface area contributed by atoms with E-state index in [1.54, 1.807) is 0 Å². The number of rotatable bonds is 4. The second-order valence-corrected chi connectivity index (χ2v) is 6.53. The van der Waals surface area contributed by atoms with E-state index in [1.165, 1.54) is 13.2 Å². The van der Waals surface area contributed by atoms with Crippen molar-refractivity contribution in [2.45, 2.75) is 36.0 Å². The molecule has 0 bridgehead atoms. The molecule has 0 unspecified atom stereocenters. The molecular formula is C11H14N2O5S. The molecule has 1 aromatic heterocycles. The molecular weight excluding hydrogens is 272 g/mol. The van der Waals surface area contributed by atoms with E-state index >= 15 is 0 Å². The predicted molar refractivity (Wildman–Crippen MR) is 66.9 cm³/mol. The molecule has 0 saturated heterocycles. The molecule has 8 heteroatoms. The standard InChI is InChI=1S/C11H14N2O5S/c1-18-10-7-6-9(13(14)15)11(12-10)19(16,17)8-4-2-3-5-8/h6-8H,2-5H2,1H3. The Kier molecular flexibility index (Phi) is 3.70. The van der Waals surface area contributed by atoms with Crippen LogP contribution in [0.5, 0.6) is 5.88 Å². The largest absolute Gasteiger partial charge is 0.481 e. The van der Waals surface area contributed by atoms with Crippen LogP contribution in [0.2, 0.25) is 0 Å². The average Bonchev–Trinajstić information content (AvgIpc) is 2.92. The normalized spacial score (nSPS) is 16.5. The van der Waals surface area contributed by atoms with Crippen molar-refractivity contribution < 1.29 is 18.1 Å². The monoisotopic (exact) mass is 286 g/mol. The molecule has 0 atom stereocenters. The number of hydrogen-bond donors (Lipinski definition) is 0. The average molecular weight is 286 g/mol. The van der Waals surface area contributed by atoms with Crippen LogP contribution in [0.1, 0.15) is 25.7 Å². The zero-order valence-electron chi connectivity index (χ0n) is 10.4. The summed E-state index contributed by atoms with van der Waals surface area (Å²) in [6.07, 6.45) is 2.69. The predicted octanol–water partition coefficient (Wildman–Crippen LogP) is 1.71. The highest BCUT2D eigenvalue weighted by Crippen LogP contribution is 2.33. The molecule has 0 amide bonds. The Morgan fingerprint density at radius 1 is 1.37 bits per heavy atom. The van der Waals surface area contributed by atoms with E-state index in [-0.39, 0.29) is 5.88 Å². The van der Waals surface area contributed by atoms with Gasteiger partial charge < -0.3 is 4.74 Å². The third-order valence-electron chi connectivity index (χ3n) is 3.23. The van der Waals surface area contributed by atoms with Crippen molar-refractivity contribution in [3.05, 3.63) is 22.2 Å². The molecule has 1 saturated carbocycles. The SMILES string of the molecule is COc1ccc([N+](=O)[O-])c(S(=O)(=O)C2CCCC2)n1. The summed E-state index contributed by atoms with van der Waals surface area (Å²) in [4.78, 5) is 14.0. The first-order valence-electron chi connectivity index (χ1n) is 5.90. The maximum Gasteiger partial charge on any atom is 0.306 e. The van der Waals surface area contributed by atoms with Gasteiger partial charge in [-0.15, -0.1) is 0 Å². The van der Waals surface area contributed by atoms with Gasteiger partial charge in [-0.05, 0) is 12.8 Å². The number of nitro groups is 1. The highest BCUT2D eigenvalue weighted by atomic mass is 32.2. The second kappa shape index (κ2) is 5.12. The van der Waals surface area contributed by atoms with Gasteiger partial charge in [0.15, 0.2) is 0 Å². The third-order valence-corrected chi connectivity index (χ3v) is 5.42. The van der Waals surface area contributed by atoms with Crippen LogP contribution in [0.25, 0.3) is 0 Å². The van der Waals surface area contributed by atoms with Gasteiger partial charge in [0.1, 0.15) is 0 Å². The van der Waals surface area contributed by atoms with Crippen LogP contribution >= 0.6 is 0 Å². The fourth-order valence-electron chi connectivity index (χ4n) is 2.23. The summed E-state index contributed by atoms with van der Waals surface area (Å²) < 4.78 is 29.7. The number of methoxy groups -OCH3 is 1. The first kappa shape index (κ1) is 13.7. The number of hydrogen-bond acceptors (Lipinski definition) is 6. The van der Waals surface area contributed by atoms with Crippen molar-refractivity contribution in [3.63, 3.8) is 0 Å². The van der Waals surface area contributed by atoms with Gasteiger partial charge in [-0.2, -0.15) is 4.98 Å². The number of aromatic nitrogens is 1. The Hall–Kier alpha value is -1.70. The fourth-order valence-corrected chi connectivity index (χ4v) is 4.16. The minimum Gasteiger partial charge on any atom is -0.481 e. The van der Waals surface area contributed by atoms with E-state index in [4.69, 9.17) is 4.74 Å². The molecule has 19 heavy (non-hydrogen) atoms. The lowest BCUT2D eigenvalue weighted by Gasteiger charge is -2.11. The number of ether oxygens (including phenoxy) is 1. The summed E-state index contributed by atoms with van der Waals surface area (Å²) in [5.74, 6) is 0.0576. The lowest BCUT2D eigenvalue weighted by atomic mass is 10.4. The molecule has 2 rings (SSSR count). The summed E-state index contributed by atoms with van der Waals surface area (Å²) in [6, 6.07) is 2.40. The van der Waals surface area contributed by atoms with Gasteiger partial charge in [-0.1, -0.05) is 12.8 Å². The Morgan fingerprint density at radius 3 is 2.53 bits per heavy atom. The molecule has 0 spiro atoms. The quantitative estimate of drug-likeness (QED) is 0.617. The van der Waals surface area contributed by atoms with Gasteiger partial charge in [0.2, 0.25) is 20.7 Å². The molecule has 1 fully saturated rings. The molecule has 1 aromatic rings. The molecule has 104 valence electrons. The molecule has 0 aliphatic heterocycles. The van der Waals surface area contributed by atoms with E-state index in [1.807, 2.05) is 0 Å². The minimum absolute atomic E-state index is 0.0576. The summed E-state index contributed by atoms with van der Waals surface area (Å²) in [5, 5.41) is 9.88. The number of nitrogens with zero attached hydrogens (tertiary/aromatic N) is 2. The molecule has 1 aliphatic rings. The zero-order chi connectivity index (χ0) is 14.0. The van der Waals surface area contributed by atoms with Gasteiger partial charge in [0.25, 0.3) is 0 Å². The molecule has 7 nitrogen and oxygen atoms in total. The molecule has 0 N–H and O–H groups in total. The third kappa shape index (κ3) is 2.53. The lowest BCUT2D eigenvalue weighted by molar-refractivity contribution is -0.388. The molecule has 0 radical (unpaired) electrons. The van der Waals surface area contributed by atoms with E-state index in [0.717, 1.165) is 18.9 Å². The van der Waals surface area contributed by atoms with Crippen LogP contribution in [-0.4, -0.2) is 30.7 Å². The summed E-state index contributed by atoms with van der Waals surface area (Å²) in [7, 11) is -2.45. The highest BCUT2D eigenvalue weighted by molar-refractivity contribution is 7.92. The van der Waals surface area contributed by atoms with Crippen LogP contribution in [0.15, 0.2) is 17.2 Å².